The van der Waals surface area contributed by atoms with Gasteiger partial charge in [0.2, 0.25) is 0 Å². The van der Waals surface area contributed by atoms with Gasteiger partial charge in [-0.05, 0) is 61.1 Å². The van der Waals surface area contributed by atoms with Crippen molar-refractivity contribution in [2.45, 2.75) is 43.8 Å². The zero-order valence-corrected chi connectivity index (χ0v) is 19.3. The van der Waals surface area contributed by atoms with Crippen molar-refractivity contribution in [1.82, 2.24) is 0 Å². The number of nitrogens with two attached hydrogens (primary N) is 1. The lowest BCUT2D eigenvalue weighted by Crippen LogP contribution is -2.47. The highest BCUT2D eigenvalue weighted by Crippen LogP contribution is 2.37. The second kappa shape index (κ2) is 12.5. The van der Waals surface area contributed by atoms with Crippen molar-refractivity contribution >= 4 is 8.69 Å². The largest absolute Gasteiger partial charge is 0.573 e. The van der Waals surface area contributed by atoms with E-state index >= 15 is 0 Å². The van der Waals surface area contributed by atoms with Gasteiger partial charge in [0.05, 0.1) is 30.9 Å². The van der Waals surface area contributed by atoms with Crippen LogP contribution in [-0.2, 0) is 28.1 Å². The van der Waals surface area contributed by atoms with Gasteiger partial charge in [0.15, 0.2) is 0 Å². The molecule has 0 aliphatic heterocycles. The molecule has 0 aliphatic rings. The van der Waals surface area contributed by atoms with Crippen LogP contribution in [0.4, 0.5) is 26.3 Å². The molecule has 0 heterocycles. The molecule has 2 aromatic carbocycles. The van der Waals surface area contributed by atoms with Crippen molar-refractivity contribution in [2.24, 2.45) is 5.73 Å². The van der Waals surface area contributed by atoms with Crippen LogP contribution in [0.2, 0.25) is 0 Å². The molecule has 0 radical (unpaired) electrons. The molecular formula is C22H24F6NO5P. The van der Waals surface area contributed by atoms with Gasteiger partial charge < -0.3 is 20.3 Å². The third kappa shape index (κ3) is 10.0. The van der Waals surface area contributed by atoms with E-state index < -0.39 is 38.9 Å². The number of hydrogen-bond acceptors (Lipinski definition) is 6. The maximum absolute atomic E-state index is 13.6. The first kappa shape index (κ1) is 28.8. The SMILES string of the molecule is NC(CO)(CCc1ccc(OCCCc2cccc(OC(F)(F)F)c2)c(C(F)(F)F)c1)COP=O. The highest BCUT2D eigenvalue weighted by Gasteiger charge is 2.35. The van der Waals surface area contributed by atoms with Crippen molar-refractivity contribution in [3.05, 3.63) is 59.2 Å². The number of alkyl halides is 6. The Bertz CT molecular complexity index is 972. The molecule has 1 atom stereocenters. The van der Waals surface area contributed by atoms with Crippen molar-refractivity contribution in [2.75, 3.05) is 19.8 Å². The molecule has 0 spiro atoms. The summed E-state index contributed by atoms with van der Waals surface area (Å²) < 4.78 is 102. The van der Waals surface area contributed by atoms with Gasteiger partial charge in [0.1, 0.15) is 11.5 Å². The molecule has 0 fully saturated rings. The molecule has 0 amide bonds. The second-order valence-corrected chi connectivity index (χ2v) is 8.25. The first-order valence-corrected chi connectivity index (χ1v) is 11.1. The first-order valence-electron chi connectivity index (χ1n) is 10.4. The molecule has 0 saturated heterocycles. The summed E-state index contributed by atoms with van der Waals surface area (Å²) in [7, 11) is -0.625. The van der Waals surface area contributed by atoms with E-state index in [-0.39, 0.29) is 50.4 Å². The van der Waals surface area contributed by atoms with Crippen LogP contribution in [0.5, 0.6) is 11.5 Å². The van der Waals surface area contributed by atoms with E-state index in [9.17, 15) is 36.0 Å². The van der Waals surface area contributed by atoms with Crippen LogP contribution >= 0.6 is 8.69 Å². The summed E-state index contributed by atoms with van der Waals surface area (Å²) in [6, 6.07) is 8.86. The van der Waals surface area contributed by atoms with Crippen LogP contribution in [0, 0.1) is 0 Å². The molecule has 2 rings (SSSR count). The molecule has 13 heteroatoms. The first-order chi connectivity index (χ1) is 16.3. The van der Waals surface area contributed by atoms with E-state index in [0.29, 0.717) is 11.1 Å². The molecular weight excluding hydrogens is 503 g/mol. The van der Waals surface area contributed by atoms with Gasteiger partial charge in [0.25, 0.3) is 0 Å². The van der Waals surface area contributed by atoms with E-state index in [0.717, 1.165) is 12.1 Å². The smallest absolute Gasteiger partial charge is 0.493 e. The lowest BCUT2D eigenvalue weighted by atomic mass is 9.93. The molecule has 35 heavy (non-hydrogen) atoms. The van der Waals surface area contributed by atoms with Crippen molar-refractivity contribution in [3.63, 3.8) is 0 Å². The summed E-state index contributed by atoms with van der Waals surface area (Å²) in [4.78, 5) is 0. The molecule has 0 aromatic heterocycles. The second-order valence-electron chi connectivity index (χ2n) is 7.84. The predicted molar refractivity (Wildman–Crippen MR) is 114 cm³/mol. The van der Waals surface area contributed by atoms with Gasteiger partial charge in [-0.1, -0.05) is 18.2 Å². The Balaban J connectivity index is 2.00. The Morgan fingerprint density at radius 3 is 2.31 bits per heavy atom. The topological polar surface area (TPSA) is 91.0 Å². The number of aliphatic hydroxyl groups excluding tert-OH is 1. The maximum Gasteiger partial charge on any atom is 0.573 e. The Morgan fingerprint density at radius 2 is 1.69 bits per heavy atom. The lowest BCUT2D eigenvalue weighted by Gasteiger charge is -2.25. The zero-order chi connectivity index (χ0) is 26.1. The molecule has 194 valence electrons. The number of ether oxygens (including phenoxy) is 2. The van der Waals surface area contributed by atoms with Crippen LogP contribution < -0.4 is 15.2 Å². The Hall–Kier alpha value is -2.40. The number of aliphatic hydroxyl groups is 1. The monoisotopic (exact) mass is 527 g/mol. The van der Waals surface area contributed by atoms with Crippen LogP contribution in [0.25, 0.3) is 0 Å². The molecule has 6 nitrogen and oxygen atoms in total. The van der Waals surface area contributed by atoms with E-state index in [1.807, 2.05) is 0 Å². The standard InChI is InChI=1S/C22H24F6NO5P/c23-21(24,25)18-12-16(8-9-20(29,13-30)14-33-35-31)6-7-19(18)32-10-2-4-15-3-1-5-17(11-15)34-22(26,27)28/h1,3,5-7,11-12,30H,2,4,8-10,13-14,29H2. The molecule has 0 saturated carbocycles. The molecule has 0 aliphatic carbocycles. The van der Waals surface area contributed by atoms with Crippen molar-refractivity contribution in [1.29, 1.82) is 0 Å². The Morgan fingerprint density at radius 1 is 0.971 bits per heavy atom. The summed E-state index contributed by atoms with van der Waals surface area (Å²) >= 11 is 0. The van der Waals surface area contributed by atoms with Gasteiger partial charge in [-0.15, -0.1) is 13.2 Å². The third-order valence-electron chi connectivity index (χ3n) is 4.98. The van der Waals surface area contributed by atoms with Crippen LogP contribution in [0.15, 0.2) is 42.5 Å². The summed E-state index contributed by atoms with van der Waals surface area (Å²) in [5.41, 5.74) is 4.48. The van der Waals surface area contributed by atoms with Crippen molar-refractivity contribution in [3.8, 4) is 11.5 Å². The summed E-state index contributed by atoms with van der Waals surface area (Å²) in [6.07, 6.45) is -8.84. The quantitative estimate of drug-likeness (QED) is 0.204. The molecule has 3 N–H and O–H groups in total. The summed E-state index contributed by atoms with van der Waals surface area (Å²) in [6.45, 7) is -0.858. The van der Waals surface area contributed by atoms with Crippen LogP contribution in [0.3, 0.4) is 0 Å². The average molecular weight is 527 g/mol. The van der Waals surface area contributed by atoms with Gasteiger partial charge in [0, 0.05) is 0 Å². The van der Waals surface area contributed by atoms with Crippen LogP contribution in [0.1, 0.15) is 29.5 Å². The fraction of sp³-hybridized carbons (Fsp3) is 0.455. The normalized spacial score (nSPS) is 14.1. The minimum Gasteiger partial charge on any atom is -0.493 e. The highest BCUT2D eigenvalue weighted by atomic mass is 31.1. The Kier molecular flexibility index (Phi) is 10.3. The minimum atomic E-state index is -4.82. The lowest BCUT2D eigenvalue weighted by molar-refractivity contribution is -0.274. The van der Waals surface area contributed by atoms with Gasteiger partial charge in [-0.25, -0.2) is 4.57 Å². The van der Waals surface area contributed by atoms with Gasteiger partial charge in [-0.3, -0.25) is 4.52 Å². The van der Waals surface area contributed by atoms with Gasteiger partial charge >= 0.3 is 21.2 Å². The fourth-order valence-corrected chi connectivity index (χ4v) is 3.49. The average Bonchev–Trinajstić information content (AvgIpc) is 2.78. The van der Waals surface area contributed by atoms with E-state index in [4.69, 9.17) is 10.5 Å². The van der Waals surface area contributed by atoms with E-state index in [2.05, 4.69) is 9.26 Å². The van der Waals surface area contributed by atoms with Gasteiger partial charge in [-0.2, -0.15) is 13.2 Å². The maximum atomic E-state index is 13.6. The van der Waals surface area contributed by atoms with Crippen molar-refractivity contribution < 1.29 is 50.0 Å². The predicted octanol–water partition coefficient (Wildman–Crippen LogP) is 5.46. The number of aryl methyl sites for hydroxylation is 2. The number of rotatable bonds is 13. The fourth-order valence-electron chi connectivity index (χ4n) is 3.18. The summed E-state index contributed by atoms with van der Waals surface area (Å²) in [5, 5.41) is 9.42. The third-order valence-corrected chi connectivity index (χ3v) is 5.21. The number of halogens is 6. The van der Waals surface area contributed by atoms with Crippen LogP contribution in [-0.4, -0.2) is 36.8 Å². The molecule has 1 unspecified atom stereocenters. The van der Waals surface area contributed by atoms with E-state index in [1.54, 1.807) is 6.07 Å². The summed E-state index contributed by atoms with van der Waals surface area (Å²) in [5.74, 6) is -0.766. The molecule has 2 aromatic rings. The Labute approximate surface area is 199 Å². The minimum absolute atomic E-state index is 0.0770. The zero-order valence-electron chi connectivity index (χ0n) is 18.4. The van der Waals surface area contributed by atoms with E-state index in [1.165, 1.54) is 24.3 Å². The number of benzene rings is 2. The number of hydrogen-bond donors (Lipinski definition) is 2. The molecule has 0 bridgehead atoms. The highest BCUT2D eigenvalue weighted by molar-refractivity contribution is 7.17.